The summed E-state index contributed by atoms with van der Waals surface area (Å²) in [7, 11) is 0. The quantitative estimate of drug-likeness (QED) is 0.853. The molecule has 1 amide bonds. The van der Waals surface area contributed by atoms with Gasteiger partial charge in [-0.2, -0.15) is 0 Å². The van der Waals surface area contributed by atoms with E-state index in [1.54, 1.807) is 12.3 Å². The maximum absolute atomic E-state index is 12.0. The number of carbonyl (C=O) groups excluding carboxylic acids is 1. The predicted molar refractivity (Wildman–Crippen MR) is 76.0 cm³/mol. The van der Waals surface area contributed by atoms with Crippen molar-refractivity contribution in [2.24, 2.45) is 0 Å². The van der Waals surface area contributed by atoms with Crippen molar-refractivity contribution in [3.63, 3.8) is 0 Å². The highest BCUT2D eigenvalue weighted by molar-refractivity contribution is 5.92. The SMILES string of the molecule is CCCNC1CCC(NC(=O)c2ccccn2)CC1. The van der Waals surface area contributed by atoms with Gasteiger partial charge in [0.2, 0.25) is 0 Å². The van der Waals surface area contributed by atoms with Gasteiger partial charge < -0.3 is 10.6 Å². The van der Waals surface area contributed by atoms with Gasteiger partial charge in [-0.25, -0.2) is 0 Å². The molecule has 2 N–H and O–H groups in total. The molecule has 1 heterocycles. The van der Waals surface area contributed by atoms with Crippen LogP contribution in [0.4, 0.5) is 0 Å². The van der Waals surface area contributed by atoms with Crippen LogP contribution >= 0.6 is 0 Å². The van der Waals surface area contributed by atoms with Crippen molar-refractivity contribution in [2.45, 2.75) is 51.1 Å². The minimum absolute atomic E-state index is 0.0504. The largest absolute Gasteiger partial charge is 0.348 e. The standard InChI is InChI=1S/C15H23N3O/c1-2-10-16-12-6-8-13(9-7-12)18-15(19)14-5-3-4-11-17-14/h3-5,11-13,16H,2,6-10H2,1H3,(H,18,19). The Morgan fingerprint density at radius 3 is 2.63 bits per heavy atom. The van der Waals surface area contributed by atoms with E-state index < -0.39 is 0 Å². The summed E-state index contributed by atoms with van der Waals surface area (Å²) in [6.07, 6.45) is 7.23. The van der Waals surface area contributed by atoms with Crippen LogP contribution in [0.15, 0.2) is 24.4 Å². The molecule has 0 aromatic carbocycles. The molecule has 1 fully saturated rings. The lowest BCUT2D eigenvalue weighted by molar-refractivity contribution is 0.0919. The highest BCUT2D eigenvalue weighted by Crippen LogP contribution is 2.18. The van der Waals surface area contributed by atoms with Gasteiger partial charge in [0.25, 0.3) is 5.91 Å². The van der Waals surface area contributed by atoms with E-state index in [1.165, 1.54) is 6.42 Å². The first-order chi connectivity index (χ1) is 9.29. The average Bonchev–Trinajstić information content (AvgIpc) is 2.47. The number of rotatable bonds is 5. The number of carbonyl (C=O) groups is 1. The number of amides is 1. The molecular formula is C15H23N3O. The molecule has 0 saturated heterocycles. The summed E-state index contributed by atoms with van der Waals surface area (Å²) < 4.78 is 0. The van der Waals surface area contributed by atoms with Crippen molar-refractivity contribution in [3.8, 4) is 0 Å². The van der Waals surface area contributed by atoms with Crippen LogP contribution in [0.2, 0.25) is 0 Å². The minimum Gasteiger partial charge on any atom is -0.348 e. The zero-order chi connectivity index (χ0) is 13.5. The van der Waals surface area contributed by atoms with Gasteiger partial charge in [0.15, 0.2) is 0 Å². The van der Waals surface area contributed by atoms with E-state index in [9.17, 15) is 4.79 Å². The third-order valence-electron chi connectivity index (χ3n) is 3.64. The summed E-state index contributed by atoms with van der Waals surface area (Å²) in [6.45, 7) is 3.28. The Kier molecular flexibility index (Phi) is 5.33. The van der Waals surface area contributed by atoms with Crippen molar-refractivity contribution >= 4 is 5.91 Å². The molecule has 1 saturated carbocycles. The molecular weight excluding hydrogens is 238 g/mol. The molecule has 0 aliphatic heterocycles. The molecule has 0 bridgehead atoms. The highest BCUT2D eigenvalue weighted by atomic mass is 16.1. The van der Waals surface area contributed by atoms with E-state index in [2.05, 4.69) is 22.5 Å². The summed E-state index contributed by atoms with van der Waals surface area (Å²) in [6, 6.07) is 6.34. The number of hydrogen-bond acceptors (Lipinski definition) is 3. The molecule has 0 atom stereocenters. The highest BCUT2D eigenvalue weighted by Gasteiger charge is 2.22. The summed E-state index contributed by atoms with van der Waals surface area (Å²) in [5, 5.41) is 6.63. The van der Waals surface area contributed by atoms with Crippen LogP contribution in [0, 0.1) is 0 Å². The fourth-order valence-corrected chi connectivity index (χ4v) is 2.55. The first-order valence-electron chi connectivity index (χ1n) is 7.25. The van der Waals surface area contributed by atoms with Gasteiger partial charge in [0.1, 0.15) is 5.69 Å². The number of pyridine rings is 1. The van der Waals surface area contributed by atoms with Gasteiger partial charge in [-0.05, 0) is 50.8 Å². The molecule has 104 valence electrons. The topological polar surface area (TPSA) is 54.0 Å². The fraction of sp³-hybridized carbons (Fsp3) is 0.600. The lowest BCUT2D eigenvalue weighted by Gasteiger charge is -2.29. The van der Waals surface area contributed by atoms with E-state index in [0.29, 0.717) is 17.8 Å². The van der Waals surface area contributed by atoms with Gasteiger partial charge in [-0.1, -0.05) is 13.0 Å². The van der Waals surface area contributed by atoms with Crippen LogP contribution in [-0.4, -0.2) is 29.5 Å². The first-order valence-corrected chi connectivity index (χ1v) is 7.25. The molecule has 0 spiro atoms. The fourth-order valence-electron chi connectivity index (χ4n) is 2.55. The van der Waals surface area contributed by atoms with E-state index in [1.807, 2.05) is 12.1 Å². The van der Waals surface area contributed by atoms with Crippen molar-refractivity contribution < 1.29 is 4.79 Å². The molecule has 1 aromatic heterocycles. The predicted octanol–water partition coefficient (Wildman–Crippen LogP) is 2.12. The molecule has 1 aliphatic carbocycles. The second kappa shape index (κ2) is 7.24. The Labute approximate surface area is 115 Å². The molecule has 4 heteroatoms. The molecule has 4 nitrogen and oxygen atoms in total. The van der Waals surface area contributed by atoms with Gasteiger partial charge >= 0.3 is 0 Å². The van der Waals surface area contributed by atoms with E-state index in [0.717, 1.165) is 32.2 Å². The summed E-state index contributed by atoms with van der Waals surface area (Å²) in [5.41, 5.74) is 0.508. The summed E-state index contributed by atoms with van der Waals surface area (Å²) in [5.74, 6) is -0.0504. The number of nitrogens with one attached hydrogen (secondary N) is 2. The molecule has 1 aliphatic rings. The summed E-state index contributed by atoms with van der Waals surface area (Å²) in [4.78, 5) is 16.1. The zero-order valence-electron chi connectivity index (χ0n) is 11.6. The van der Waals surface area contributed by atoms with Crippen molar-refractivity contribution in [1.82, 2.24) is 15.6 Å². The van der Waals surface area contributed by atoms with Crippen LogP contribution in [0.3, 0.4) is 0 Å². The lowest BCUT2D eigenvalue weighted by atomic mass is 9.91. The van der Waals surface area contributed by atoms with Crippen LogP contribution in [-0.2, 0) is 0 Å². The Hall–Kier alpha value is -1.42. The van der Waals surface area contributed by atoms with Crippen molar-refractivity contribution in [1.29, 1.82) is 0 Å². The second-order valence-corrected chi connectivity index (χ2v) is 5.19. The first kappa shape index (κ1) is 14.0. The molecule has 2 rings (SSSR count). The van der Waals surface area contributed by atoms with Gasteiger partial charge in [-0.3, -0.25) is 9.78 Å². The molecule has 0 unspecified atom stereocenters. The second-order valence-electron chi connectivity index (χ2n) is 5.19. The minimum atomic E-state index is -0.0504. The lowest BCUT2D eigenvalue weighted by Crippen LogP contribution is -2.42. The maximum atomic E-state index is 12.0. The van der Waals surface area contributed by atoms with E-state index >= 15 is 0 Å². The van der Waals surface area contributed by atoms with Crippen LogP contribution in [0.25, 0.3) is 0 Å². The Balaban J connectivity index is 1.75. The van der Waals surface area contributed by atoms with Gasteiger partial charge in [0.05, 0.1) is 0 Å². The maximum Gasteiger partial charge on any atom is 0.270 e. The summed E-state index contributed by atoms with van der Waals surface area (Å²) >= 11 is 0. The number of aromatic nitrogens is 1. The van der Waals surface area contributed by atoms with E-state index in [4.69, 9.17) is 0 Å². The Bertz CT molecular complexity index is 386. The number of nitrogens with zero attached hydrogens (tertiary/aromatic N) is 1. The zero-order valence-corrected chi connectivity index (χ0v) is 11.6. The Morgan fingerprint density at radius 1 is 1.26 bits per heavy atom. The number of hydrogen-bond donors (Lipinski definition) is 2. The normalized spacial score (nSPS) is 23.0. The third kappa shape index (κ3) is 4.31. The average molecular weight is 261 g/mol. The van der Waals surface area contributed by atoms with Crippen molar-refractivity contribution in [3.05, 3.63) is 30.1 Å². The van der Waals surface area contributed by atoms with E-state index in [-0.39, 0.29) is 5.91 Å². The van der Waals surface area contributed by atoms with Crippen LogP contribution in [0.1, 0.15) is 49.5 Å². The molecule has 0 radical (unpaired) electrons. The smallest absolute Gasteiger partial charge is 0.270 e. The third-order valence-corrected chi connectivity index (χ3v) is 3.64. The Morgan fingerprint density at radius 2 is 2.00 bits per heavy atom. The van der Waals surface area contributed by atoms with Crippen LogP contribution in [0.5, 0.6) is 0 Å². The van der Waals surface area contributed by atoms with Gasteiger partial charge in [-0.15, -0.1) is 0 Å². The van der Waals surface area contributed by atoms with Crippen molar-refractivity contribution in [2.75, 3.05) is 6.54 Å². The van der Waals surface area contributed by atoms with Gasteiger partial charge in [0, 0.05) is 18.3 Å². The molecule has 1 aromatic rings. The monoisotopic (exact) mass is 261 g/mol. The van der Waals surface area contributed by atoms with Crippen LogP contribution < -0.4 is 10.6 Å². The molecule has 19 heavy (non-hydrogen) atoms.